The molecule has 0 radical (unpaired) electrons. The molecule has 2 aliphatic heterocycles. The van der Waals surface area contributed by atoms with Gasteiger partial charge >= 0.3 is 5.97 Å². The van der Waals surface area contributed by atoms with Crippen LogP contribution < -0.4 is 5.73 Å². The second kappa shape index (κ2) is 5.33. The molecule has 11 heteroatoms. The summed E-state index contributed by atoms with van der Waals surface area (Å²) in [5.74, 6) is -2.14. The lowest BCUT2D eigenvalue weighted by atomic mass is 10.1. The molecule has 0 aromatic carbocycles. The Hall–Kier alpha value is -2.34. The molecule has 2 aromatic heterocycles. The molecular formula is C14H17N5O6. The Labute approximate surface area is 141 Å². The third-order valence-electron chi connectivity index (χ3n) is 4.29. The quantitative estimate of drug-likeness (QED) is 0.644. The summed E-state index contributed by atoms with van der Waals surface area (Å²) in [7, 11) is 0. The summed E-state index contributed by atoms with van der Waals surface area (Å²) in [6.07, 6.45) is -2.31. The van der Waals surface area contributed by atoms with E-state index in [1.54, 1.807) is 18.4 Å². The number of imidazole rings is 1. The van der Waals surface area contributed by atoms with Crippen LogP contribution in [0.3, 0.4) is 0 Å². The second-order valence-electron chi connectivity index (χ2n) is 6.42. The molecule has 2 aromatic rings. The Kier molecular flexibility index (Phi) is 3.44. The Morgan fingerprint density at radius 2 is 2.04 bits per heavy atom. The summed E-state index contributed by atoms with van der Waals surface area (Å²) in [5.41, 5.74) is 6.60. The third kappa shape index (κ3) is 2.43. The van der Waals surface area contributed by atoms with Gasteiger partial charge < -0.3 is 30.2 Å². The molecule has 11 nitrogen and oxygen atoms in total. The number of nitrogens with zero attached hydrogens (tertiary/aromatic N) is 4. The van der Waals surface area contributed by atoms with Gasteiger partial charge in [0, 0.05) is 0 Å². The van der Waals surface area contributed by atoms with Gasteiger partial charge in [-0.05, 0) is 13.8 Å². The molecule has 4 rings (SSSR count). The number of aromatic nitrogens is 4. The van der Waals surface area contributed by atoms with Crippen molar-refractivity contribution in [3.05, 3.63) is 12.7 Å². The maximum atomic E-state index is 11.2. The molecule has 4 heterocycles. The number of aliphatic carboxylic acids is 1. The number of carboxylic acid groups (broad SMARTS) is 1. The molecular weight excluding hydrogens is 334 g/mol. The number of aliphatic hydroxyl groups is 1. The van der Waals surface area contributed by atoms with Crippen LogP contribution in [-0.4, -0.2) is 65.9 Å². The highest BCUT2D eigenvalue weighted by Gasteiger charge is 2.59. The van der Waals surface area contributed by atoms with Crippen molar-refractivity contribution in [3.8, 4) is 0 Å². The van der Waals surface area contributed by atoms with E-state index in [0.29, 0.717) is 11.2 Å². The van der Waals surface area contributed by atoms with Crippen LogP contribution in [0.25, 0.3) is 11.2 Å². The van der Waals surface area contributed by atoms with E-state index in [1.165, 1.54) is 12.7 Å². The van der Waals surface area contributed by atoms with Gasteiger partial charge in [-0.2, -0.15) is 0 Å². The number of fused-ring (bicyclic) bond motifs is 2. The second-order valence-corrected chi connectivity index (χ2v) is 6.42. The zero-order chi connectivity index (χ0) is 17.9. The summed E-state index contributed by atoms with van der Waals surface area (Å²) in [6.45, 7) is 3.41. The Morgan fingerprint density at radius 3 is 2.76 bits per heavy atom. The Bertz CT molecular complexity index is 838. The van der Waals surface area contributed by atoms with Crippen molar-refractivity contribution in [2.75, 3.05) is 5.73 Å². The van der Waals surface area contributed by atoms with E-state index in [9.17, 15) is 9.90 Å². The Balaban J connectivity index is 1.76. The normalized spacial score (nSPS) is 32.0. The van der Waals surface area contributed by atoms with Crippen LogP contribution in [0.15, 0.2) is 12.7 Å². The topological polar surface area (TPSA) is 155 Å². The van der Waals surface area contributed by atoms with Crippen LogP contribution in [0.5, 0.6) is 0 Å². The number of hydrogen-bond acceptors (Lipinski definition) is 9. The molecule has 2 saturated heterocycles. The maximum absolute atomic E-state index is 11.2. The minimum atomic E-state index is -1.76. The number of ether oxygens (including phenoxy) is 3. The highest BCUT2D eigenvalue weighted by atomic mass is 16.8. The fourth-order valence-electron chi connectivity index (χ4n) is 3.28. The van der Waals surface area contributed by atoms with Crippen molar-refractivity contribution in [3.63, 3.8) is 0 Å². The SMILES string of the molecule is CC1(C)O[C@@H]2[C@H](O1)[C@@H](C(O)C(=O)O)O[C@H]2n1cnc2c(N)ncnc21. The van der Waals surface area contributed by atoms with Crippen LogP contribution >= 0.6 is 0 Å². The molecule has 25 heavy (non-hydrogen) atoms. The predicted octanol–water partition coefficient (Wildman–Crippen LogP) is -0.728. The average molecular weight is 351 g/mol. The average Bonchev–Trinajstić information content (AvgIpc) is 3.17. The monoisotopic (exact) mass is 351 g/mol. The zero-order valence-corrected chi connectivity index (χ0v) is 13.4. The van der Waals surface area contributed by atoms with Crippen molar-refractivity contribution >= 4 is 23.0 Å². The third-order valence-corrected chi connectivity index (χ3v) is 4.29. The first kappa shape index (κ1) is 16.1. The lowest BCUT2D eigenvalue weighted by Gasteiger charge is -2.25. The molecule has 1 unspecified atom stereocenters. The number of carbonyl (C=O) groups is 1. The van der Waals surface area contributed by atoms with Gasteiger partial charge in [0.05, 0.1) is 6.33 Å². The highest BCUT2D eigenvalue weighted by Crippen LogP contribution is 2.44. The first-order chi connectivity index (χ1) is 11.8. The van der Waals surface area contributed by atoms with Gasteiger partial charge in [0.2, 0.25) is 0 Å². The van der Waals surface area contributed by atoms with E-state index in [-0.39, 0.29) is 5.82 Å². The molecule has 2 aliphatic rings. The van der Waals surface area contributed by atoms with E-state index in [1.807, 2.05) is 0 Å². The van der Waals surface area contributed by atoms with Gasteiger partial charge in [0.1, 0.15) is 30.2 Å². The fourth-order valence-corrected chi connectivity index (χ4v) is 3.28. The van der Waals surface area contributed by atoms with E-state index in [2.05, 4.69) is 15.0 Å². The van der Waals surface area contributed by atoms with Crippen LogP contribution in [0.2, 0.25) is 0 Å². The first-order valence-electron chi connectivity index (χ1n) is 7.63. The van der Waals surface area contributed by atoms with Crippen LogP contribution in [0, 0.1) is 0 Å². The number of carboxylic acids is 1. The first-order valence-corrected chi connectivity index (χ1v) is 7.63. The molecule has 2 fully saturated rings. The lowest BCUT2D eigenvalue weighted by molar-refractivity contribution is -0.210. The van der Waals surface area contributed by atoms with Crippen molar-refractivity contribution < 1.29 is 29.2 Å². The van der Waals surface area contributed by atoms with E-state index < -0.39 is 42.4 Å². The summed E-state index contributed by atoms with van der Waals surface area (Å²) in [6, 6.07) is 0. The van der Waals surface area contributed by atoms with Gasteiger partial charge in [-0.1, -0.05) is 0 Å². The molecule has 0 saturated carbocycles. The van der Waals surface area contributed by atoms with Gasteiger partial charge in [-0.15, -0.1) is 0 Å². The Morgan fingerprint density at radius 1 is 1.32 bits per heavy atom. The van der Waals surface area contributed by atoms with E-state index in [4.69, 9.17) is 25.1 Å². The summed E-state index contributed by atoms with van der Waals surface area (Å²) >= 11 is 0. The van der Waals surface area contributed by atoms with Gasteiger partial charge in [-0.25, -0.2) is 19.7 Å². The number of hydrogen-bond donors (Lipinski definition) is 3. The van der Waals surface area contributed by atoms with Crippen molar-refractivity contribution in [2.24, 2.45) is 0 Å². The molecule has 5 atom stereocenters. The summed E-state index contributed by atoms with van der Waals surface area (Å²) in [4.78, 5) is 23.4. The number of nitrogen functional groups attached to an aromatic ring is 1. The molecule has 0 bridgehead atoms. The summed E-state index contributed by atoms with van der Waals surface area (Å²) < 4.78 is 19.0. The maximum Gasteiger partial charge on any atom is 0.335 e. The molecule has 0 spiro atoms. The van der Waals surface area contributed by atoms with Crippen molar-refractivity contribution in [1.29, 1.82) is 0 Å². The van der Waals surface area contributed by atoms with E-state index in [0.717, 1.165) is 0 Å². The lowest BCUT2D eigenvalue weighted by Crippen LogP contribution is -2.42. The highest BCUT2D eigenvalue weighted by molar-refractivity contribution is 5.81. The largest absolute Gasteiger partial charge is 0.479 e. The number of nitrogens with two attached hydrogens (primary N) is 1. The van der Waals surface area contributed by atoms with Gasteiger partial charge in [0.25, 0.3) is 0 Å². The van der Waals surface area contributed by atoms with E-state index >= 15 is 0 Å². The van der Waals surface area contributed by atoms with Crippen molar-refractivity contribution in [1.82, 2.24) is 19.5 Å². The molecule has 0 amide bonds. The standard InChI is InChI=1S/C14H17N5O6/c1-14(2)24-8-7(6(20)13(21)22)23-12(9(8)25-14)19-4-18-5-10(15)16-3-17-11(5)19/h3-4,6-9,12,20H,1-2H3,(H,21,22)(H2,15,16,17)/t6?,7-,8-,9-,12-/m1/s1. The van der Waals surface area contributed by atoms with Crippen LogP contribution in [0.4, 0.5) is 5.82 Å². The van der Waals surface area contributed by atoms with Crippen LogP contribution in [-0.2, 0) is 19.0 Å². The molecule has 4 N–H and O–H groups in total. The smallest absolute Gasteiger partial charge is 0.335 e. The van der Waals surface area contributed by atoms with Gasteiger partial charge in [-0.3, -0.25) is 4.57 Å². The van der Waals surface area contributed by atoms with Gasteiger partial charge in [0.15, 0.2) is 29.6 Å². The number of aliphatic hydroxyl groups excluding tert-OH is 1. The number of anilines is 1. The predicted molar refractivity (Wildman–Crippen MR) is 81.1 cm³/mol. The zero-order valence-electron chi connectivity index (χ0n) is 13.4. The number of rotatable bonds is 3. The minimum absolute atomic E-state index is 0.212. The fraction of sp³-hybridized carbons (Fsp3) is 0.571. The molecule has 0 aliphatic carbocycles. The van der Waals surface area contributed by atoms with Crippen LogP contribution in [0.1, 0.15) is 20.1 Å². The van der Waals surface area contributed by atoms with Crippen molar-refractivity contribution in [2.45, 2.75) is 50.3 Å². The minimum Gasteiger partial charge on any atom is -0.479 e. The molecule has 134 valence electrons. The summed E-state index contributed by atoms with van der Waals surface area (Å²) in [5, 5.41) is 19.1.